The van der Waals surface area contributed by atoms with E-state index >= 15 is 0 Å². The molecule has 1 unspecified atom stereocenters. The van der Waals surface area contributed by atoms with Gasteiger partial charge < -0.3 is 4.42 Å². The van der Waals surface area contributed by atoms with E-state index in [0.717, 1.165) is 25.0 Å². The molecule has 0 bridgehead atoms. The molecule has 0 radical (unpaired) electrons. The second-order valence-corrected chi connectivity index (χ2v) is 3.33. The maximum atomic E-state index is 5.66. The van der Waals surface area contributed by atoms with Gasteiger partial charge in [0.15, 0.2) is 5.22 Å². The maximum absolute atomic E-state index is 5.66. The monoisotopic (exact) mass is 212 g/mol. The van der Waals surface area contributed by atoms with Crippen LogP contribution in [-0.4, -0.2) is 0 Å². The number of terminal acetylenes is 1. The van der Waals surface area contributed by atoms with Gasteiger partial charge in [-0.25, -0.2) is 5.43 Å². The number of rotatable bonds is 5. The van der Waals surface area contributed by atoms with Gasteiger partial charge in [-0.05, 0) is 36.6 Å². The van der Waals surface area contributed by atoms with Crippen molar-refractivity contribution in [1.29, 1.82) is 0 Å². The molecule has 1 atom stereocenters. The van der Waals surface area contributed by atoms with Gasteiger partial charge in [0.25, 0.3) is 0 Å². The molecule has 1 heterocycles. The van der Waals surface area contributed by atoms with Gasteiger partial charge in [-0.2, -0.15) is 0 Å². The summed E-state index contributed by atoms with van der Waals surface area (Å²) in [4.78, 5) is 0. The van der Waals surface area contributed by atoms with Crippen molar-refractivity contribution >= 4 is 11.6 Å². The summed E-state index contributed by atoms with van der Waals surface area (Å²) >= 11 is 5.66. The Bertz CT molecular complexity index is 316. The molecule has 76 valence electrons. The summed E-state index contributed by atoms with van der Waals surface area (Å²) in [6.45, 7) is 0. The number of hydrogen-bond donors (Lipinski definition) is 2. The Balaban J connectivity index is 2.50. The van der Waals surface area contributed by atoms with Crippen molar-refractivity contribution in [3.63, 3.8) is 0 Å². The van der Waals surface area contributed by atoms with Gasteiger partial charge in [0.2, 0.25) is 0 Å². The normalized spacial score (nSPS) is 12.4. The second-order valence-electron chi connectivity index (χ2n) is 2.96. The average Bonchev–Trinajstić information content (AvgIpc) is 2.60. The molecule has 1 aromatic heterocycles. The van der Waals surface area contributed by atoms with E-state index in [1.165, 1.54) is 0 Å². The molecule has 0 aliphatic heterocycles. The molecule has 3 nitrogen and oxygen atoms in total. The molecule has 0 aromatic carbocycles. The summed E-state index contributed by atoms with van der Waals surface area (Å²) < 4.78 is 5.24. The third-order valence-electron chi connectivity index (χ3n) is 1.95. The zero-order valence-corrected chi connectivity index (χ0v) is 8.55. The van der Waals surface area contributed by atoms with Crippen LogP contribution in [0.4, 0.5) is 0 Å². The lowest BCUT2D eigenvalue weighted by Crippen LogP contribution is -2.27. The van der Waals surface area contributed by atoms with Gasteiger partial charge >= 0.3 is 0 Å². The highest BCUT2D eigenvalue weighted by atomic mass is 35.5. The van der Waals surface area contributed by atoms with Gasteiger partial charge in [-0.3, -0.25) is 5.84 Å². The Kier molecular flexibility index (Phi) is 4.54. The summed E-state index contributed by atoms with van der Waals surface area (Å²) in [5.74, 6) is 8.72. The Morgan fingerprint density at radius 2 is 2.43 bits per heavy atom. The Hall–Kier alpha value is -0.950. The van der Waals surface area contributed by atoms with Crippen LogP contribution in [0.2, 0.25) is 5.22 Å². The molecule has 1 rings (SSSR count). The molecule has 0 aliphatic carbocycles. The van der Waals surface area contributed by atoms with Crippen molar-refractivity contribution in [1.82, 2.24) is 5.43 Å². The summed E-state index contributed by atoms with van der Waals surface area (Å²) in [5, 5.41) is 0.372. The van der Waals surface area contributed by atoms with Crippen LogP contribution in [0.5, 0.6) is 0 Å². The van der Waals surface area contributed by atoms with E-state index < -0.39 is 0 Å². The number of nitrogens with one attached hydrogen (secondary N) is 1. The molecular formula is C10H13ClN2O. The first-order valence-corrected chi connectivity index (χ1v) is 4.80. The van der Waals surface area contributed by atoms with Gasteiger partial charge in [-0.15, -0.1) is 12.3 Å². The quantitative estimate of drug-likeness (QED) is 0.341. The number of nitrogens with two attached hydrogens (primary N) is 1. The zero-order chi connectivity index (χ0) is 10.4. The molecule has 1 aromatic rings. The van der Waals surface area contributed by atoms with E-state index in [2.05, 4.69) is 11.3 Å². The number of furan rings is 1. The minimum absolute atomic E-state index is 0.0177. The first-order chi connectivity index (χ1) is 6.77. The van der Waals surface area contributed by atoms with Crippen molar-refractivity contribution in [2.45, 2.75) is 25.3 Å². The highest BCUT2D eigenvalue weighted by molar-refractivity contribution is 6.28. The minimum Gasteiger partial charge on any atom is -0.448 e. The van der Waals surface area contributed by atoms with Crippen molar-refractivity contribution in [2.75, 3.05) is 0 Å². The van der Waals surface area contributed by atoms with E-state index in [9.17, 15) is 0 Å². The second kappa shape index (κ2) is 5.71. The van der Waals surface area contributed by atoms with E-state index in [4.69, 9.17) is 28.3 Å². The van der Waals surface area contributed by atoms with Gasteiger partial charge in [-0.1, -0.05) is 0 Å². The standard InChI is InChI=1S/C10H13ClN2O/c1-2-3-4-5-8(13-12)9-6-7-10(11)14-9/h1,6-8,13H,3-5,12H2. The smallest absolute Gasteiger partial charge is 0.193 e. The summed E-state index contributed by atoms with van der Waals surface area (Å²) in [6.07, 6.45) is 7.64. The zero-order valence-electron chi connectivity index (χ0n) is 7.79. The number of hydrogen-bond acceptors (Lipinski definition) is 3. The summed E-state index contributed by atoms with van der Waals surface area (Å²) in [6, 6.07) is 3.49. The van der Waals surface area contributed by atoms with Crippen LogP contribution in [-0.2, 0) is 0 Å². The van der Waals surface area contributed by atoms with Gasteiger partial charge in [0.1, 0.15) is 5.76 Å². The Labute approximate surface area is 88.6 Å². The lowest BCUT2D eigenvalue weighted by atomic mass is 10.1. The van der Waals surface area contributed by atoms with E-state index in [0.29, 0.717) is 5.22 Å². The molecule has 0 aliphatic rings. The third kappa shape index (κ3) is 3.08. The van der Waals surface area contributed by atoms with Crippen LogP contribution in [0.15, 0.2) is 16.5 Å². The molecule has 0 saturated carbocycles. The van der Waals surface area contributed by atoms with Gasteiger partial charge in [0, 0.05) is 6.42 Å². The third-order valence-corrected chi connectivity index (χ3v) is 2.16. The number of halogens is 1. The minimum atomic E-state index is -0.0177. The molecule has 0 fully saturated rings. The van der Waals surface area contributed by atoms with E-state index in [1.807, 2.05) is 6.07 Å². The molecule has 14 heavy (non-hydrogen) atoms. The fourth-order valence-corrected chi connectivity index (χ4v) is 1.38. The lowest BCUT2D eigenvalue weighted by molar-refractivity contribution is 0.396. The van der Waals surface area contributed by atoms with Crippen LogP contribution >= 0.6 is 11.6 Å². The number of unbranched alkanes of at least 4 members (excludes halogenated alkanes) is 1. The van der Waals surface area contributed by atoms with Crippen LogP contribution in [0.3, 0.4) is 0 Å². The Morgan fingerprint density at radius 1 is 1.64 bits per heavy atom. The van der Waals surface area contributed by atoms with Crippen LogP contribution in [0.25, 0.3) is 0 Å². The molecule has 0 saturated heterocycles. The topological polar surface area (TPSA) is 51.2 Å². The highest BCUT2D eigenvalue weighted by Crippen LogP contribution is 2.23. The van der Waals surface area contributed by atoms with Crippen LogP contribution < -0.4 is 11.3 Å². The highest BCUT2D eigenvalue weighted by Gasteiger charge is 2.12. The molecule has 0 amide bonds. The Morgan fingerprint density at radius 3 is 2.93 bits per heavy atom. The SMILES string of the molecule is C#CCCCC(NN)c1ccc(Cl)o1. The van der Waals surface area contributed by atoms with Crippen molar-refractivity contribution in [2.24, 2.45) is 5.84 Å². The predicted molar refractivity (Wildman–Crippen MR) is 56.5 cm³/mol. The van der Waals surface area contributed by atoms with Gasteiger partial charge in [0.05, 0.1) is 6.04 Å². The van der Waals surface area contributed by atoms with Crippen LogP contribution in [0, 0.1) is 12.3 Å². The molecular weight excluding hydrogens is 200 g/mol. The fraction of sp³-hybridized carbons (Fsp3) is 0.400. The van der Waals surface area contributed by atoms with Crippen LogP contribution in [0.1, 0.15) is 31.1 Å². The van der Waals surface area contributed by atoms with Crippen molar-refractivity contribution < 1.29 is 4.42 Å². The number of hydrazine groups is 1. The fourth-order valence-electron chi connectivity index (χ4n) is 1.23. The largest absolute Gasteiger partial charge is 0.448 e. The average molecular weight is 213 g/mol. The van der Waals surface area contributed by atoms with E-state index in [1.54, 1.807) is 6.07 Å². The molecule has 3 N–H and O–H groups in total. The molecule has 0 spiro atoms. The van der Waals surface area contributed by atoms with Crippen molar-refractivity contribution in [3.8, 4) is 12.3 Å². The summed E-state index contributed by atoms with van der Waals surface area (Å²) in [7, 11) is 0. The first-order valence-electron chi connectivity index (χ1n) is 4.42. The molecule has 4 heteroatoms. The maximum Gasteiger partial charge on any atom is 0.193 e. The summed E-state index contributed by atoms with van der Waals surface area (Å²) in [5.41, 5.74) is 2.67. The first kappa shape index (κ1) is 11.1. The van der Waals surface area contributed by atoms with Crippen molar-refractivity contribution in [3.05, 3.63) is 23.1 Å². The lowest BCUT2D eigenvalue weighted by Gasteiger charge is -2.11. The van der Waals surface area contributed by atoms with E-state index in [-0.39, 0.29) is 6.04 Å². The predicted octanol–water partition coefficient (Wildman–Crippen LogP) is 2.24.